The highest BCUT2D eigenvalue weighted by molar-refractivity contribution is 5.83. The van der Waals surface area contributed by atoms with Crippen LogP contribution in [-0.4, -0.2) is 106 Å². The molecule has 2 fully saturated rings. The van der Waals surface area contributed by atoms with Crippen LogP contribution in [0, 0.1) is 0 Å². The average molecular weight is 550 g/mol. The van der Waals surface area contributed by atoms with Crippen molar-refractivity contribution in [3.05, 3.63) is 47.5 Å². The van der Waals surface area contributed by atoms with Crippen LogP contribution in [0.25, 0.3) is 5.70 Å². The molecule has 1 amide bonds. The van der Waals surface area contributed by atoms with Crippen LogP contribution in [0.4, 0.5) is 5.69 Å². The number of amides is 1. The van der Waals surface area contributed by atoms with Crippen molar-refractivity contribution >= 4 is 30.2 Å². The maximum Gasteiger partial charge on any atom is 0.244 e. The quantitative estimate of drug-likeness (QED) is 0.298. The Kier molecular flexibility index (Phi) is 11.2. The Labute approximate surface area is 240 Å². The largest absolute Gasteiger partial charge is 0.385 e. The highest BCUT2D eigenvalue weighted by atomic mass is 16.5. The molecule has 2 saturated heterocycles. The van der Waals surface area contributed by atoms with E-state index in [2.05, 4.69) is 67.9 Å². The molecule has 1 N–H and O–H groups in total. The zero-order chi connectivity index (χ0) is 28.3. The number of nitrogens with one attached hydrogen (secondary N) is 1. The summed E-state index contributed by atoms with van der Waals surface area (Å²) in [6, 6.07) is 8.15. The molecule has 0 bridgehead atoms. The van der Waals surface area contributed by atoms with E-state index in [1.165, 1.54) is 18.5 Å². The summed E-state index contributed by atoms with van der Waals surface area (Å²) >= 11 is 0. The number of carbonyl (C=O) groups excluding carboxylic acids is 1. The van der Waals surface area contributed by atoms with E-state index in [1.54, 1.807) is 7.11 Å². The normalized spacial score (nSPS) is 19.4. The number of methoxy groups -OCH3 is 1. The minimum Gasteiger partial charge on any atom is -0.385 e. The number of hydrogen-bond donors (Lipinski definition) is 1. The number of aliphatic imine (C=N–C) groups is 2. The Hall–Kier alpha value is -3.17. The third-order valence-electron chi connectivity index (χ3n) is 8.05. The summed E-state index contributed by atoms with van der Waals surface area (Å²) in [5.74, 6) is 0.901. The SMILES string of the molecule is C=N/C(=C(/NC(C)C(=O)N1CCN(CCCCOC)CC1)N1CC=NC=C1CC)c1ccc(N2CCCC2)cc1. The number of rotatable bonds is 13. The highest BCUT2D eigenvalue weighted by Crippen LogP contribution is 2.29. The summed E-state index contributed by atoms with van der Waals surface area (Å²) in [5.41, 5.74) is 4.02. The molecule has 0 aliphatic carbocycles. The first kappa shape index (κ1) is 29.8. The van der Waals surface area contributed by atoms with Crippen molar-refractivity contribution in [2.24, 2.45) is 9.98 Å². The van der Waals surface area contributed by atoms with Crippen molar-refractivity contribution in [2.45, 2.75) is 52.0 Å². The molecule has 1 aromatic rings. The predicted octanol–water partition coefficient (Wildman–Crippen LogP) is 3.80. The Balaban J connectivity index is 1.50. The fourth-order valence-corrected chi connectivity index (χ4v) is 5.67. The van der Waals surface area contributed by atoms with Gasteiger partial charge < -0.3 is 24.8 Å². The van der Waals surface area contributed by atoms with Crippen LogP contribution >= 0.6 is 0 Å². The van der Waals surface area contributed by atoms with Gasteiger partial charge in [0.25, 0.3) is 0 Å². The lowest BCUT2D eigenvalue weighted by atomic mass is 10.1. The number of unbranched alkanes of at least 4 members (excludes halogenated alkanes) is 1. The van der Waals surface area contributed by atoms with Crippen LogP contribution in [0.5, 0.6) is 0 Å². The molecule has 0 aromatic heterocycles. The number of anilines is 1. The van der Waals surface area contributed by atoms with Gasteiger partial charge in [-0.3, -0.25) is 19.7 Å². The number of nitrogens with zero attached hydrogens (tertiary/aromatic N) is 6. The number of ether oxygens (including phenoxy) is 1. The van der Waals surface area contributed by atoms with Gasteiger partial charge in [0.05, 0.1) is 6.54 Å². The van der Waals surface area contributed by atoms with Crippen molar-refractivity contribution in [3.8, 4) is 0 Å². The first-order valence-corrected chi connectivity index (χ1v) is 14.9. The van der Waals surface area contributed by atoms with Gasteiger partial charge in [-0.25, -0.2) is 0 Å². The third kappa shape index (κ3) is 7.52. The lowest BCUT2D eigenvalue weighted by molar-refractivity contribution is -0.134. The number of hydrogen-bond acceptors (Lipinski definition) is 8. The molecule has 218 valence electrons. The average Bonchev–Trinajstić information content (AvgIpc) is 3.55. The predicted molar refractivity (Wildman–Crippen MR) is 165 cm³/mol. The van der Waals surface area contributed by atoms with Crippen LogP contribution < -0.4 is 10.2 Å². The van der Waals surface area contributed by atoms with Gasteiger partial charge in [-0.15, -0.1) is 0 Å². The second kappa shape index (κ2) is 15.0. The van der Waals surface area contributed by atoms with E-state index >= 15 is 0 Å². The molecular formula is C31H47N7O2. The van der Waals surface area contributed by atoms with Crippen molar-refractivity contribution in [3.63, 3.8) is 0 Å². The van der Waals surface area contributed by atoms with E-state index in [-0.39, 0.29) is 5.91 Å². The van der Waals surface area contributed by atoms with Crippen LogP contribution in [-0.2, 0) is 9.53 Å². The third-order valence-corrected chi connectivity index (χ3v) is 8.05. The molecule has 3 aliphatic rings. The summed E-state index contributed by atoms with van der Waals surface area (Å²) in [7, 11) is 1.75. The molecule has 3 heterocycles. The topological polar surface area (TPSA) is 76.0 Å². The van der Waals surface area contributed by atoms with Gasteiger partial charge in [-0.05, 0) is 64.4 Å². The first-order valence-electron chi connectivity index (χ1n) is 14.9. The zero-order valence-electron chi connectivity index (χ0n) is 24.6. The summed E-state index contributed by atoms with van der Waals surface area (Å²) in [6.07, 6.45) is 9.27. The Morgan fingerprint density at radius 3 is 2.48 bits per heavy atom. The number of benzene rings is 1. The summed E-state index contributed by atoms with van der Waals surface area (Å²) in [6.45, 7) is 16.0. The van der Waals surface area contributed by atoms with E-state index in [9.17, 15) is 4.79 Å². The molecule has 1 atom stereocenters. The minimum absolute atomic E-state index is 0.108. The molecule has 9 heteroatoms. The van der Waals surface area contributed by atoms with Gasteiger partial charge in [0.15, 0.2) is 0 Å². The first-order chi connectivity index (χ1) is 19.5. The Morgan fingerprint density at radius 2 is 1.82 bits per heavy atom. The molecule has 9 nitrogen and oxygen atoms in total. The maximum atomic E-state index is 13.6. The standard InChI is InChI=1S/C31H47N7O2/c1-5-27-24-33-14-18-38(27)30(29(32-3)26-10-12-28(13-11-26)36-16-6-7-17-36)34-25(2)31(39)37-21-19-35(20-22-37)15-8-9-23-40-4/h10-14,24-25,34H,3,5-9,15-23H2,1-2,4H3/b30-29-. The van der Waals surface area contributed by atoms with E-state index in [4.69, 9.17) is 4.74 Å². The van der Waals surface area contributed by atoms with Crippen molar-refractivity contribution < 1.29 is 9.53 Å². The van der Waals surface area contributed by atoms with Crippen molar-refractivity contribution in [2.75, 3.05) is 71.0 Å². The second-order valence-corrected chi connectivity index (χ2v) is 10.7. The molecule has 40 heavy (non-hydrogen) atoms. The molecule has 0 radical (unpaired) electrons. The van der Waals surface area contributed by atoms with Crippen LogP contribution in [0.3, 0.4) is 0 Å². The smallest absolute Gasteiger partial charge is 0.244 e. The Morgan fingerprint density at radius 1 is 1.10 bits per heavy atom. The second-order valence-electron chi connectivity index (χ2n) is 10.7. The molecule has 4 rings (SSSR count). The molecule has 0 saturated carbocycles. The van der Waals surface area contributed by atoms with E-state index in [1.807, 2.05) is 24.2 Å². The lowest BCUT2D eigenvalue weighted by Gasteiger charge is -2.37. The molecule has 1 aromatic carbocycles. The van der Waals surface area contributed by atoms with Gasteiger partial charge in [0.1, 0.15) is 17.6 Å². The zero-order valence-corrected chi connectivity index (χ0v) is 24.6. The fraction of sp³-hybridized carbons (Fsp3) is 0.581. The van der Waals surface area contributed by atoms with Gasteiger partial charge in [-0.1, -0.05) is 19.1 Å². The van der Waals surface area contributed by atoms with Crippen molar-refractivity contribution in [1.29, 1.82) is 0 Å². The van der Waals surface area contributed by atoms with Gasteiger partial charge in [0.2, 0.25) is 5.91 Å². The lowest BCUT2D eigenvalue weighted by Crippen LogP contribution is -2.54. The van der Waals surface area contributed by atoms with Gasteiger partial charge >= 0.3 is 0 Å². The number of piperazine rings is 1. The van der Waals surface area contributed by atoms with Crippen LogP contribution in [0.1, 0.15) is 51.5 Å². The Bertz CT molecular complexity index is 1070. The molecule has 1 unspecified atom stereocenters. The summed E-state index contributed by atoms with van der Waals surface area (Å²) in [5, 5.41) is 3.57. The van der Waals surface area contributed by atoms with Gasteiger partial charge in [-0.2, -0.15) is 0 Å². The van der Waals surface area contributed by atoms with E-state index < -0.39 is 6.04 Å². The molecule has 0 spiro atoms. The molecular weight excluding hydrogens is 502 g/mol. The maximum absolute atomic E-state index is 13.6. The summed E-state index contributed by atoms with van der Waals surface area (Å²) < 4.78 is 5.17. The van der Waals surface area contributed by atoms with Crippen molar-refractivity contribution in [1.82, 2.24) is 20.0 Å². The van der Waals surface area contributed by atoms with Crippen LogP contribution in [0.15, 0.2) is 52.0 Å². The van der Waals surface area contributed by atoms with Gasteiger partial charge in [0, 0.05) is 82.3 Å². The molecule has 3 aliphatic heterocycles. The number of carbonyl (C=O) groups is 1. The monoisotopic (exact) mass is 549 g/mol. The van der Waals surface area contributed by atoms with Crippen LogP contribution in [0.2, 0.25) is 0 Å². The van der Waals surface area contributed by atoms with E-state index in [0.29, 0.717) is 6.54 Å². The minimum atomic E-state index is -0.416. The highest BCUT2D eigenvalue weighted by Gasteiger charge is 2.28. The summed E-state index contributed by atoms with van der Waals surface area (Å²) in [4.78, 5) is 31.5. The fourth-order valence-electron chi connectivity index (χ4n) is 5.67. The number of allylic oxidation sites excluding steroid dienone is 1. The van der Waals surface area contributed by atoms with E-state index in [0.717, 1.165) is 94.5 Å².